The summed E-state index contributed by atoms with van der Waals surface area (Å²) in [6.07, 6.45) is -2.57. The molecule has 2 aromatic rings. The first-order valence-electron chi connectivity index (χ1n) is 11.7. The van der Waals surface area contributed by atoms with Crippen molar-refractivity contribution in [1.82, 2.24) is 10.6 Å². The molecule has 35 heavy (non-hydrogen) atoms. The van der Waals surface area contributed by atoms with Gasteiger partial charge in [0.15, 0.2) is 0 Å². The maximum Gasteiger partial charge on any atom is 0.407 e. The zero-order valence-corrected chi connectivity index (χ0v) is 19.1. The Kier molecular flexibility index (Phi) is 7.63. The SMILES string of the molecule is O=C(O)CC(NC(=O)[C@H]1CCC[C@H]1CNC(=O)OCC1c2ccccc2-c2ccccc21)C(F)F. The zero-order valence-electron chi connectivity index (χ0n) is 19.1. The predicted molar refractivity (Wildman–Crippen MR) is 124 cm³/mol. The molecule has 2 aromatic carbocycles. The first-order chi connectivity index (χ1) is 16.8. The minimum atomic E-state index is -2.98. The third-order valence-corrected chi connectivity index (χ3v) is 6.87. The van der Waals surface area contributed by atoms with Crippen molar-refractivity contribution in [3.05, 3.63) is 59.7 Å². The number of hydrogen-bond donors (Lipinski definition) is 3. The van der Waals surface area contributed by atoms with E-state index in [1.54, 1.807) is 0 Å². The fraction of sp³-hybridized carbons (Fsp3) is 0.423. The van der Waals surface area contributed by atoms with E-state index in [0.717, 1.165) is 22.3 Å². The van der Waals surface area contributed by atoms with Gasteiger partial charge in [-0.15, -0.1) is 0 Å². The number of alkyl halides is 2. The lowest BCUT2D eigenvalue weighted by atomic mass is 9.94. The van der Waals surface area contributed by atoms with Crippen molar-refractivity contribution >= 4 is 18.0 Å². The molecule has 0 aromatic heterocycles. The third-order valence-electron chi connectivity index (χ3n) is 6.87. The van der Waals surface area contributed by atoms with Gasteiger partial charge in [-0.1, -0.05) is 55.0 Å². The second-order valence-corrected chi connectivity index (χ2v) is 9.05. The average Bonchev–Trinajstić information content (AvgIpc) is 3.43. The number of hydrogen-bond acceptors (Lipinski definition) is 4. The van der Waals surface area contributed by atoms with Gasteiger partial charge in [-0.2, -0.15) is 0 Å². The average molecular weight is 487 g/mol. The minimum absolute atomic E-state index is 0.0707. The Balaban J connectivity index is 1.30. The van der Waals surface area contributed by atoms with Gasteiger partial charge < -0.3 is 20.5 Å². The Morgan fingerprint density at radius 2 is 1.63 bits per heavy atom. The van der Waals surface area contributed by atoms with Crippen molar-refractivity contribution in [3.8, 4) is 11.1 Å². The van der Waals surface area contributed by atoms with Crippen LogP contribution >= 0.6 is 0 Å². The Hall–Kier alpha value is -3.49. The molecule has 1 saturated carbocycles. The van der Waals surface area contributed by atoms with Crippen molar-refractivity contribution in [3.63, 3.8) is 0 Å². The summed E-state index contributed by atoms with van der Waals surface area (Å²) in [5.74, 6) is -2.89. The molecule has 186 valence electrons. The molecule has 0 saturated heterocycles. The summed E-state index contributed by atoms with van der Waals surface area (Å²) >= 11 is 0. The van der Waals surface area contributed by atoms with Gasteiger partial charge in [-0.05, 0) is 41.0 Å². The Labute approximate surface area is 201 Å². The molecule has 2 aliphatic carbocycles. The van der Waals surface area contributed by atoms with E-state index in [-0.39, 0.29) is 25.0 Å². The lowest BCUT2D eigenvalue weighted by Crippen LogP contribution is -2.46. The highest BCUT2D eigenvalue weighted by atomic mass is 19.3. The van der Waals surface area contributed by atoms with Crippen molar-refractivity contribution in [2.24, 2.45) is 11.8 Å². The Morgan fingerprint density at radius 3 is 2.23 bits per heavy atom. The normalized spacial score (nSPS) is 19.6. The van der Waals surface area contributed by atoms with Gasteiger partial charge in [0.25, 0.3) is 6.43 Å². The minimum Gasteiger partial charge on any atom is -0.481 e. The molecule has 9 heteroatoms. The van der Waals surface area contributed by atoms with Crippen LogP contribution < -0.4 is 10.6 Å². The summed E-state index contributed by atoms with van der Waals surface area (Å²) in [5, 5.41) is 13.7. The molecule has 1 unspecified atom stereocenters. The fourth-order valence-electron chi connectivity index (χ4n) is 5.17. The maximum atomic E-state index is 13.1. The van der Waals surface area contributed by atoms with E-state index in [1.165, 1.54) is 0 Å². The van der Waals surface area contributed by atoms with Crippen LogP contribution in [0.2, 0.25) is 0 Å². The molecule has 0 spiro atoms. The van der Waals surface area contributed by atoms with Gasteiger partial charge in [0.05, 0.1) is 6.42 Å². The van der Waals surface area contributed by atoms with Gasteiger partial charge >= 0.3 is 12.1 Å². The number of ether oxygens (including phenoxy) is 1. The van der Waals surface area contributed by atoms with Crippen molar-refractivity contribution < 1.29 is 33.0 Å². The van der Waals surface area contributed by atoms with Crippen LogP contribution in [0.5, 0.6) is 0 Å². The van der Waals surface area contributed by atoms with Crippen LogP contribution in [0.3, 0.4) is 0 Å². The van der Waals surface area contributed by atoms with E-state index in [1.807, 2.05) is 36.4 Å². The van der Waals surface area contributed by atoms with Gasteiger partial charge in [0.2, 0.25) is 5.91 Å². The molecule has 2 aliphatic rings. The molecule has 0 bridgehead atoms. The summed E-state index contributed by atoms with van der Waals surface area (Å²) in [5.41, 5.74) is 4.46. The molecule has 2 amide bonds. The highest BCUT2D eigenvalue weighted by molar-refractivity contribution is 5.81. The van der Waals surface area contributed by atoms with Gasteiger partial charge in [-0.3, -0.25) is 9.59 Å². The van der Waals surface area contributed by atoms with Crippen molar-refractivity contribution in [2.45, 2.75) is 44.1 Å². The third kappa shape index (κ3) is 5.61. The van der Waals surface area contributed by atoms with E-state index in [4.69, 9.17) is 9.84 Å². The molecule has 0 radical (unpaired) electrons. The molecule has 1 fully saturated rings. The summed E-state index contributed by atoms with van der Waals surface area (Å²) < 4.78 is 31.7. The Morgan fingerprint density at radius 1 is 1.00 bits per heavy atom. The number of nitrogens with one attached hydrogen (secondary N) is 2. The maximum absolute atomic E-state index is 13.1. The number of carboxylic acid groups (broad SMARTS) is 1. The van der Waals surface area contributed by atoms with Crippen molar-refractivity contribution in [2.75, 3.05) is 13.2 Å². The highest BCUT2D eigenvalue weighted by Gasteiger charge is 2.36. The number of aliphatic carboxylic acids is 1. The number of fused-ring (bicyclic) bond motifs is 3. The smallest absolute Gasteiger partial charge is 0.407 e. The molecule has 4 rings (SSSR count). The van der Waals surface area contributed by atoms with Crippen LogP contribution in [0.4, 0.5) is 13.6 Å². The first kappa shape index (κ1) is 24.6. The number of amides is 2. The molecule has 0 heterocycles. The van der Waals surface area contributed by atoms with Gasteiger partial charge in [-0.25, -0.2) is 13.6 Å². The predicted octanol–water partition coefficient (Wildman–Crippen LogP) is 4.17. The molecule has 0 aliphatic heterocycles. The second kappa shape index (κ2) is 10.8. The van der Waals surface area contributed by atoms with Crippen LogP contribution in [0, 0.1) is 11.8 Å². The number of benzene rings is 2. The van der Waals surface area contributed by atoms with Crippen molar-refractivity contribution in [1.29, 1.82) is 0 Å². The molecular formula is C26H28F2N2O5. The number of rotatable bonds is 9. The molecule has 3 N–H and O–H groups in total. The Bertz CT molecular complexity index is 1050. The molecule has 7 nitrogen and oxygen atoms in total. The molecular weight excluding hydrogens is 458 g/mol. The second-order valence-electron chi connectivity index (χ2n) is 9.05. The van der Waals surface area contributed by atoms with Crippen LogP contribution in [0.15, 0.2) is 48.5 Å². The van der Waals surface area contributed by atoms with E-state index in [9.17, 15) is 23.2 Å². The summed E-state index contributed by atoms with van der Waals surface area (Å²) in [6, 6.07) is 14.3. The summed E-state index contributed by atoms with van der Waals surface area (Å²) in [6.45, 7) is 0.340. The van der Waals surface area contributed by atoms with Crippen LogP contribution in [-0.4, -0.2) is 48.7 Å². The van der Waals surface area contributed by atoms with Gasteiger partial charge in [0, 0.05) is 18.4 Å². The summed E-state index contributed by atoms with van der Waals surface area (Å²) in [7, 11) is 0. The largest absolute Gasteiger partial charge is 0.481 e. The molecule has 3 atom stereocenters. The quantitative estimate of drug-likeness (QED) is 0.494. The van der Waals surface area contributed by atoms with Crippen LogP contribution in [0.25, 0.3) is 11.1 Å². The van der Waals surface area contributed by atoms with E-state index >= 15 is 0 Å². The van der Waals surface area contributed by atoms with Crippen LogP contribution in [-0.2, 0) is 14.3 Å². The topological polar surface area (TPSA) is 105 Å². The first-order valence-corrected chi connectivity index (χ1v) is 11.7. The number of carbonyl (C=O) groups is 3. The fourth-order valence-corrected chi connectivity index (χ4v) is 5.17. The van der Waals surface area contributed by atoms with E-state index in [2.05, 4.69) is 22.8 Å². The summed E-state index contributed by atoms with van der Waals surface area (Å²) in [4.78, 5) is 35.8. The lowest BCUT2D eigenvalue weighted by Gasteiger charge is -2.23. The van der Waals surface area contributed by atoms with Gasteiger partial charge in [0.1, 0.15) is 12.6 Å². The number of halogens is 2. The number of carbonyl (C=O) groups excluding carboxylic acids is 2. The van der Waals surface area contributed by atoms with E-state index < -0.39 is 42.8 Å². The number of carboxylic acids is 1. The standard InChI is InChI=1S/C26H28F2N2O5/c27-24(28)22(12-23(31)32)30-25(33)16-11-5-6-15(16)13-29-26(34)35-14-21-19-9-3-1-7-17(19)18-8-2-4-10-20(18)21/h1-4,7-10,15-16,21-22,24H,5-6,11-14H2,(H,29,34)(H,30,33)(H,31,32)/t15-,16-,22?/m0/s1. The monoisotopic (exact) mass is 486 g/mol. The highest BCUT2D eigenvalue weighted by Crippen LogP contribution is 2.44. The van der Waals surface area contributed by atoms with Crippen LogP contribution in [0.1, 0.15) is 42.7 Å². The van der Waals surface area contributed by atoms with E-state index in [0.29, 0.717) is 19.3 Å². The number of alkyl carbamates (subject to hydrolysis) is 1. The lowest BCUT2D eigenvalue weighted by molar-refractivity contribution is -0.139. The zero-order chi connectivity index (χ0) is 24.9.